The van der Waals surface area contributed by atoms with Crippen molar-refractivity contribution in [3.63, 3.8) is 0 Å². The third-order valence-electron chi connectivity index (χ3n) is 5.84. The van der Waals surface area contributed by atoms with E-state index in [0.717, 1.165) is 18.4 Å². The van der Waals surface area contributed by atoms with E-state index in [9.17, 15) is 9.59 Å². The van der Waals surface area contributed by atoms with Gasteiger partial charge in [-0.3, -0.25) is 14.2 Å². The summed E-state index contributed by atoms with van der Waals surface area (Å²) < 4.78 is 1.39. The predicted octanol–water partition coefficient (Wildman–Crippen LogP) is 2.34. The van der Waals surface area contributed by atoms with E-state index in [1.54, 1.807) is 12.1 Å². The van der Waals surface area contributed by atoms with Gasteiger partial charge in [-0.15, -0.1) is 0 Å². The Kier molecular flexibility index (Phi) is 4.08. The lowest BCUT2D eigenvalue weighted by Crippen LogP contribution is -2.36. The van der Waals surface area contributed by atoms with Crippen LogP contribution in [0.1, 0.15) is 32.1 Å². The topological polar surface area (TPSA) is 64.0 Å². The zero-order chi connectivity index (χ0) is 16.5. The van der Waals surface area contributed by atoms with Crippen molar-refractivity contribution in [3.8, 4) is 0 Å². The molecule has 2 saturated carbocycles. The molecule has 4 rings (SSSR count). The van der Waals surface area contributed by atoms with Crippen LogP contribution in [0.25, 0.3) is 10.9 Å². The smallest absolute Gasteiger partial charge is 0.261 e. The number of hydrogen-bond donors (Lipinski definition) is 1. The molecule has 2 aromatic rings. The van der Waals surface area contributed by atoms with Gasteiger partial charge >= 0.3 is 0 Å². The van der Waals surface area contributed by atoms with E-state index in [-0.39, 0.29) is 18.0 Å². The van der Waals surface area contributed by atoms with Gasteiger partial charge in [0.25, 0.3) is 5.56 Å². The standard InChI is InChI=1S/C19H23N3O2/c23-18(20-10-14-9-8-13-4-3-6-15(13)14)11-22-12-21-17-7-2-1-5-16(17)19(22)24/h1-2,5,7,12-15H,3-4,6,8-11H2,(H,20,23)/t13-,14+,15-/m0/s1. The molecular formula is C19H23N3O2. The zero-order valence-electron chi connectivity index (χ0n) is 13.8. The average Bonchev–Trinajstić information content (AvgIpc) is 3.20. The van der Waals surface area contributed by atoms with Crippen LogP contribution in [0.15, 0.2) is 35.4 Å². The van der Waals surface area contributed by atoms with Crippen LogP contribution in [0.4, 0.5) is 0 Å². The van der Waals surface area contributed by atoms with Crippen LogP contribution in [0.2, 0.25) is 0 Å². The maximum absolute atomic E-state index is 12.4. The Bertz CT molecular complexity index is 814. The molecule has 0 unspecified atom stereocenters. The van der Waals surface area contributed by atoms with Crippen molar-refractivity contribution in [2.24, 2.45) is 17.8 Å². The number of para-hydroxylation sites is 1. The Balaban J connectivity index is 1.39. The summed E-state index contributed by atoms with van der Waals surface area (Å²) in [6, 6.07) is 7.22. The van der Waals surface area contributed by atoms with Crippen molar-refractivity contribution in [1.29, 1.82) is 0 Å². The summed E-state index contributed by atoms with van der Waals surface area (Å²) in [5.41, 5.74) is 0.505. The highest BCUT2D eigenvalue weighted by atomic mass is 16.2. The number of rotatable bonds is 4. The van der Waals surface area contributed by atoms with Crippen LogP contribution >= 0.6 is 0 Å². The number of amides is 1. The van der Waals surface area contributed by atoms with Crippen molar-refractivity contribution in [2.75, 3.05) is 6.54 Å². The maximum Gasteiger partial charge on any atom is 0.261 e. The molecule has 1 heterocycles. The normalized spacial score (nSPS) is 25.8. The van der Waals surface area contributed by atoms with Crippen molar-refractivity contribution in [3.05, 3.63) is 40.9 Å². The molecule has 1 amide bonds. The van der Waals surface area contributed by atoms with E-state index < -0.39 is 0 Å². The molecule has 24 heavy (non-hydrogen) atoms. The molecule has 2 aliphatic rings. The van der Waals surface area contributed by atoms with Crippen LogP contribution in [-0.4, -0.2) is 22.0 Å². The van der Waals surface area contributed by atoms with Gasteiger partial charge in [0.15, 0.2) is 0 Å². The number of carbonyl (C=O) groups excluding carboxylic acids is 1. The van der Waals surface area contributed by atoms with E-state index in [2.05, 4.69) is 10.3 Å². The fraction of sp³-hybridized carbons (Fsp3) is 0.526. The Morgan fingerprint density at radius 3 is 3.00 bits per heavy atom. The van der Waals surface area contributed by atoms with E-state index in [4.69, 9.17) is 0 Å². The summed E-state index contributed by atoms with van der Waals surface area (Å²) >= 11 is 0. The number of fused-ring (bicyclic) bond motifs is 2. The molecule has 3 atom stereocenters. The fourth-order valence-electron chi connectivity index (χ4n) is 4.61. The highest BCUT2D eigenvalue weighted by Gasteiger charge is 2.38. The van der Waals surface area contributed by atoms with Crippen LogP contribution in [0.3, 0.4) is 0 Å². The van der Waals surface area contributed by atoms with Crippen LogP contribution in [0.5, 0.6) is 0 Å². The highest BCUT2D eigenvalue weighted by Crippen LogP contribution is 2.47. The quantitative estimate of drug-likeness (QED) is 0.938. The summed E-state index contributed by atoms with van der Waals surface area (Å²) in [6.07, 6.45) is 8.05. The first kappa shape index (κ1) is 15.4. The molecule has 2 fully saturated rings. The van der Waals surface area contributed by atoms with Gasteiger partial charge in [0.05, 0.1) is 17.2 Å². The minimum absolute atomic E-state index is 0.0392. The number of nitrogens with zero attached hydrogens (tertiary/aromatic N) is 2. The number of aromatic nitrogens is 2. The number of carbonyl (C=O) groups is 1. The first-order chi connectivity index (χ1) is 11.7. The number of nitrogens with one attached hydrogen (secondary N) is 1. The monoisotopic (exact) mass is 325 g/mol. The van der Waals surface area contributed by atoms with Gasteiger partial charge in [-0.25, -0.2) is 4.98 Å². The lowest BCUT2D eigenvalue weighted by Gasteiger charge is -2.19. The summed E-state index contributed by atoms with van der Waals surface area (Å²) in [6.45, 7) is 0.785. The first-order valence-electron chi connectivity index (χ1n) is 8.93. The molecular weight excluding hydrogens is 302 g/mol. The Morgan fingerprint density at radius 1 is 1.21 bits per heavy atom. The van der Waals surface area contributed by atoms with Crippen molar-refractivity contribution in [1.82, 2.24) is 14.9 Å². The fourth-order valence-corrected chi connectivity index (χ4v) is 4.61. The van der Waals surface area contributed by atoms with Crippen molar-refractivity contribution in [2.45, 2.75) is 38.6 Å². The molecule has 0 aliphatic heterocycles. The number of benzene rings is 1. The predicted molar refractivity (Wildman–Crippen MR) is 92.6 cm³/mol. The van der Waals surface area contributed by atoms with Gasteiger partial charge in [-0.1, -0.05) is 25.0 Å². The molecule has 0 spiro atoms. The van der Waals surface area contributed by atoms with Crippen LogP contribution < -0.4 is 10.9 Å². The maximum atomic E-state index is 12.4. The summed E-state index contributed by atoms with van der Waals surface area (Å²) in [4.78, 5) is 28.9. The van der Waals surface area contributed by atoms with Gasteiger partial charge in [0, 0.05) is 6.54 Å². The molecule has 5 heteroatoms. The molecule has 2 aliphatic carbocycles. The molecule has 0 saturated heterocycles. The van der Waals surface area contributed by atoms with E-state index >= 15 is 0 Å². The Morgan fingerprint density at radius 2 is 2.08 bits per heavy atom. The van der Waals surface area contributed by atoms with Crippen molar-refractivity contribution < 1.29 is 4.79 Å². The Hall–Kier alpha value is -2.17. The molecule has 0 radical (unpaired) electrons. The minimum Gasteiger partial charge on any atom is -0.354 e. The van der Waals surface area contributed by atoms with Gasteiger partial charge in [-0.2, -0.15) is 0 Å². The second-order valence-electron chi connectivity index (χ2n) is 7.19. The summed E-state index contributed by atoms with van der Waals surface area (Å²) in [5, 5.41) is 3.59. The third kappa shape index (κ3) is 2.83. The average molecular weight is 325 g/mol. The van der Waals surface area contributed by atoms with Gasteiger partial charge in [0.1, 0.15) is 6.54 Å². The molecule has 5 nitrogen and oxygen atoms in total. The Labute approximate surface area is 141 Å². The largest absolute Gasteiger partial charge is 0.354 e. The highest BCUT2D eigenvalue weighted by molar-refractivity contribution is 5.78. The van der Waals surface area contributed by atoms with Crippen LogP contribution in [0, 0.1) is 17.8 Å². The van der Waals surface area contributed by atoms with E-state index in [1.807, 2.05) is 12.1 Å². The second kappa shape index (κ2) is 6.38. The van der Waals surface area contributed by atoms with Gasteiger partial charge in [-0.05, 0) is 49.1 Å². The SMILES string of the molecule is O=C(Cn1cnc2ccccc2c1=O)NC[C@H]1CC[C@@H]2CCC[C@@H]21. The summed E-state index contributed by atoms with van der Waals surface area (Å²) in [7, 11) is 0. The van der Waals surface area contributed by atoms with E-state index in [1.165, 1.54) is 43.0 Å². The molecule has 1 N–H and O–H groups in total. The minimum atomic E-state index is -0.160. The zero-order valence-corrected chi connectivity index (χ0v) is 13.8. The lowest BCUT2D eigenvalue weighted by molar-refractivity contribution is -0.122. The second-order valence-corrected chi connectivity index (χ2v) is 7.19. The van der Waals surface area contributed by atoms with Gasteiger partial charge in [0.2, 0.25) is 5.91 Å². The van der Waals surface area contributed by atoms with Gasteiger partial charge < -0.3 is 5.32 Å². The van der Waals surface area contributed by atoms with Crippen LogP contribution in [-0.2, 0) is 11.3 Å². The molecule has 1 aromatic carbocycles. The molecule has 126 valence electrons. The first-order valence-corrected chi connectivity index (χ1v) is 8.93. The molecule has 0 bridgehead atoms. The third-order valence-corrected chi connectivity index (χ3v) is 5.84. The molecule has 1 aromatic heterocycles. The number of hydrogen-bond acceptors (Lipinski definition) is 3. The summed E-state index contributed by atoms with van der Waals surface area (Å²) in [5.74, 6) is 2.21. The van der Waals surface area contributed by atoms with Crippen molar-refractivity contribution >= 4 is 16.8 Å². The lowest BCUT2D eigenvalue weighted by atomic mass is 9.92. The van der Waals surface area contributed by atoms with E-state index in [0.29, 0.717) is 16.8 Å².